The maximum atomic E-state index is 14.1. The maximum Gasteiger partial charge on any atom is 0.288 e. The fourth-order valence-electron chi connectivity index (χ4n) is 8.14. The molecule has 2 unspecified atom stereocenters. The molecule has 0 saturated carbocycles. The van der Waals surface area contributed by atoms with E-state index in [0.29, 0.717) is 46.9 Å². The number of hydrogen-bond acceptors (Lipinski definition) is 15. The lowest BCUT2D eigenvalue weighted by Gasteiger charge is -2.26. The Balaban J connectivity index is 0.974. The second-order valence-electron chi connectivity index (χ2n) is 14.9. The molecule has 4 atom stereocenters. The number of thiol groups is 1. The highest BCUT2D eigenvalue weighted by molar-refractivity contribution is 7.86. The lowest BCUT2D eigenvalue weighted by molar-refractivity contribution is -0.475. The van der Waals surface area contributed by atoms with Gasteiger partial charge in [0.25, 0.3) is 21.9 Å². The van der Waals surface area contributed by atoms with Gasteiger partial charge in [-0.15, -0.1) is 4.33 Å². The number of ether oxygens (including phenoxy) is 5. The fourth-order valence-corrected chi connectivity index (χ4v) is 9.07. The van der Waals surface area contributed by atoms with Crippen LogP contribution in [0.25, 0.3) is 11.1 Å². The van der Waals surface area contributed by atoms with Gasteiger partial charge in [0, 0.05) is 43.9 Å². The van der Waals surface area contributed by atoms with E-state index in [0.717, 1.165) is 22.3 Å². The number of fused-ring (bicyclic) bond motifs is 4. The molecule has 8 rings (SSSR count). The predicted molar refractivity (Wildman–Crippen MR) is 229 cm³/mol. The van der Waals surface area contributed by atoms with E-state index in [4.69, 9.17) is 33.6 Å². The summed E-state index contributed by atoms with van der Waals surface area (Å²) in [6, 6.07) is 19.9. The molecular weight excluding hydrogens is 845 g/mol. The molecule has 326 valence electrons. The number of carbonyl (C=O) groups excluding carboxylic acids is 2. The van der Waals surface area contributed by atoms with Crippen LogP contribution in [0, 0.1) is 6.92 Å². The van der Waals surface area contributed by atoms with Crippen molar-refractivity contribution in [1.29, 1.82) is 0 Å². The molecular formula is C43H44N4O13S2. The summed E-state index contributed by atoms with van der Waals surface area (Å²) < 4.78 is 69.3. The van der Waals surface area contributed by atoms with Gasteiger partial charge in [0.1, 0.15) is 5.75 Å². The number of hydrogen-bond donors (Lipinski definition) is 4. The van der Waals surface area contributed by atoms with Crippen molar-refractivity contribution in [1.82, 2.24) is 9.80 Å². The number of rotatable bonds is 15. The van der Waals surface area contributed by atoms with Crippen LogP contribution < -0.4 is 34.3 Å². The first-order chi connectivity index (χ1) is 29.9. The van der Waals surface area contributed by atoms with Gasteiger partial charge in [-0.1, -0.05) is 47.0 Å². The molecule has 4 aromatic carbocycles. The first-order valence-electron chi connectivity index (χ1n) is 19.5. The number of anilines is 2. The van der Waals surface area contributed by atoms with Crippen molar-refractivity contribution in [2.24, 2.45) is 0 Å². The van der Waals surface area contributed by atoms with E-state index < -0.39 is 39.7 Å². The van der Waals surface area contributed by atoms with Gasteiger partial charge in [-0.25, -0.2) is 0 Å². The van der Waals surface area contributed by atoms with Crippen LogP contribution in [0.2, 0.25) is 0 Å². The zero-order valence-corrected chi connectivity index (χ0v) is 35.7. The Morgan fingerprint density at radius 2 is 1.29 bits per heavy atom. The van der Waals surface area contributed by atoms with E-state index in [9.17, 15) is 22.6 Å². The van der Waals surface area contributed by atoms with Crippen LogP contribution in [-0.4, -0.2) is 92.8 Å². The number of carbonyl (C=O) groups is 2. The van der Waals surface area contributed by atoms with Crippen molar-refractivity contribution in [3.05, 3.63) is 113 Å². The minimum atomic E-state index is -4.72. The van der Waals surface area contributed by atoms with Gasteiger partial charge in [-0.3, -0.25) is 14.1 Å². The minimum absolute atomic E-state index is 0.111. The Morgan fingerprint density at radius 3 is 1.85 bits per heavy atom. The van der Waals surface area contributed by atoms with Gasteiger partial charge >= 0.3 is 0 Å². The van der Waals surface area contributed by atoms with Crippen LogP contribution in [0.4, 0.5) is 11.4 Å². The molecule has 3 N–H and O–H groups in total. The SMILES string of the molecule is COc1cccc(C2=CN3C(=O)c4cc(OC)c(OCCCOc5cc6c(cc5OC)C(=O)N5C=C(c7cccc(C)c7)C[C@H]5C(OOOS)N6)cc4NC(S(=O)(=O)O)[C@@H]3C2)c1. The summed E-state index contributed by atoms with van der Waals surface area (Å²) in [5.74, 6) is 0.915. The average molecular weight is 889 g/mol. The van der Waals surface area contributed by atoms with E-state index >= 15 is 0 Å². The highest BCUT2D eigenvalue weighted by Crippen LogP contribution is 2.44. The van der Waals surface area contributed by atoms with Gasteiger partial charge in [0.05, 0.1) is 69.1 Å². The van der Waals surface area contributed by atoms with Crippen LogP contribution in [0.5, 0.6) is 28.7 Å². The van der Waals surface area contributed by atoms with E-state index in [1.165, 1.54) is 38.4 Å². The summed E-state index contributed by atoms with van der Waals surface area (Å²) >= 11 is 3.63. The molecule has 0 saturated heterocycles. The van der Waals surface area contributed by atoms with E-state index in [1.807, 2.05) is 37.4 Å². The van der Waals surface area contributed by atoms with Crippen LogP contribution in [0.3, 0.4) is 0 Å². The molecule has 4 heterocycles. The number of amides is 2. The Hall–Kier alpha value is -5.96. The molecule has 0 spiro atoms. The van der Waals surface area contributed by atoms with Gasteiger partial charge in [-0.05, 0) is 66.3 Å². The predicted octanol–water partition coefficient (Wildman–Crippen LogP) is 6.50. The second-order valence-corrected chi connectivity index (χ2v) is 16.6. The van der Waals surface area contributed by atoms with Crippen molar-refractivity contribution < 1.29 is 60.5 Å². The largest absolute Gasteiger partial charge is 0.497 e. The highest BCUT2D eigenvalue weighted by Gasteiger charge is 2.46. The monoisotopic (exact) mass is 888 g/mol. The zero-order chi connectivity index (χ0) is 43.7. The molecule has 0 aromatic heterocycles. The lowest BCUT2D eigenvalue weighted by atomic mass is 10.0. The standard InChI is InChI=1S/C43H44N4O13S2/c1-24-8-5-9-25(14-24)27-16-34-40(58-59-60-61)44-32-20-38(36(54-3)18-30(32)42(48)46(34)22-27)56-12-7-13-57-39-21-33-31(19-37(39)55-4)43(49)47-23-28(26-10-6-11-29(15-26)53-2)17-35(47)41(45-33)62(50,51)52/h5-6,8-11,14-15,18-23,34-35,40-41,44-45,61H,7,12-13,16-17H2,1-4H3,(H,50,51,52)/t34-,35-,40?,41?/m0/s1. The molecule has 62 heavy (non-hydrogen) atoms. The first-order valence-corrected chi connectivity index (χ1v) is 21.4. The average Bonchev–Trinajstić information content (AvgIpc) is 3.87. The number of nitrogens with zero attached hydrogens (tertiary/aromatic N) is 2. The van der Waals surface area contributed by atoms with Crippen molar-refractivity contribution in [2.75, 3.05) is 45.2 Å². The van der Waals surface area contributed by atoms with Crippen LogP contribution in [0.15, 0.2) is 85.2 Å². The second kappa shape index (κ2) is 17.8. The van der Waals surface area contributed by atoms with Gasteiger partial charge in [-0.2, -0.15) is 13.3 Å². The third kappa shape index (κ3) is 8.46. The molecule has 17 nitrogen and oxygen atoms in total. The smallest absolute Gasteiger partial charge is 0.288 e. The normalized spacial score (nSPS) is 20.3. The molecule has 4 aromatic rings. The third-order valence-electron chi connectivity index (χ3n) is 11.1. The summed E-state index contributed by atoms with van der Waals surface area (Å²) in [4.78, 5) is 36.6. The summed E-state index contributed by atoms with van der Waals surface area (Å²) in [7, 11) is -0.286. The Kier molecular flexibility index (Phi) is 12.3. The highest BCUT2D eigenvalue weighted by atomic mass is 32.2. The van der Waals surface area contributed by atoms with Gasteiger partial charge in [0.2, 0.25) is 0 Å². The summed E-state index contributed by atoms with van der Waals surface area (Å²) in [6.45, 7) is 2.26. The zero-order valence-electron chi connectivity index (χ0n) is 34.0. The lowest BCUT2D eigenvalue weighted by Crippen LogP contribution is -2.46. The van der Waals surface area contributed by atoms with Crippen LogP contribution in [0.1, 0.15) is 56.7 Å². The number of aryl methyl sites for hydroxylation is 1. The topological polar surface area (TPSA) is 193 Å². The van der Waals surface area contributed by atoms with Crippen LogP contribution in [-0.2, 0) is 24.4 Å². The molecule has 4 aliphatic heterocycles. The summed E-state index contributed by atoms with van der Waals surface area (Å²) in [6.07, 6.45) is 3.49. The van der Waals surface area contributed by atoms with Crippen LogP contribution >= 0.6 is 12.9 Å². The molecule has 2 amide bonds. The molecule has 19 heteroatoms. The fraction of sp³-hybridized carbons (Fsp3) is 0.302. The molecule has 0 aliphatic carbocycles. The first kappa shape index (κ1) is 42.7. The Labute approximate surface area is 363 Å². The molecule has 4 aliphatic rings. The van der Waals surface area contributed by atoms with E-state index in [-0.39, 0.29) is 48.3 Å². The summed E-state index contributed by atoms with van der Waals surface area (Å²) in [5, 5.41) is 9.36. The molecule has 0 fully saturated rings. The quantitative estimate of drug-likeness (QED) is 0.0253. The van der Waals surface area contributed by atoms with Crippen molar-refractivity contribution in [3.63, 3.8) is 0 Å². The van der Waals surface area contributed by atoms with Crippen molar-refractivity contribution >= 4 is 57.4 Å². The summed E-state index contributed by atoms with van der Waals surface area (Å²) in [5.41, 5.74) is 5.44. The number of benzene rings is 4. The van der Waals surface area contributed by atoms with Crippen molar-refractivity contribution in [2.45, 2.75) is 49.9 Å². The Bertz CT molecular complexity index is 2570. The number of nitrogens with one attached hydrogen (secondary N) is 2. The van der Waals surface area contributed by atoms with Gasteiger partial charge < -0.3 is 44.1 Å². The van der Waals surface area contributed by atoms with Crippen molar-refractivity contribution in [3.8, 4) is 28.7 Å². The Morgan fingerprint density at radius 1 is 0.726 bits per heavy atom. The number of methoxy groups -OCH3 is 3. The minimum Gasteiger partial charge on any atom is -0.497 e. The molecule has 0 bridgehead atoms. The third-order valence-corrected chi connectivity index (χ3v) is 12.3. The maximum absolute atomic E-state index is 14.1. The van der Waals surface area contributed by atoms with E-state index in [1.54, 1.807) is 41.4 Å². The van der Waals surface area contributed by atoms with E-state index in [2.05, 4.69) is 33.9 Å². The molecule has 0 radical (unpaired) electrons. The van der Waals surface area contributed by atoms with Gasteiger partial charge in [0.15, 0.2) is 34.6 Å².